The fourth-order valence-corrected chi connectivity index (χ4v) is 1.48. The number of amides is 1. The van der Waals surface area contributed by atoms with E-state index in [0.717, 1.165) is 19.5 Å². The highest BCUT2D eigenvalue weighted by Crippen LogP contribution is 2.28. The van der Waals surface area contributed by atoms with Crippen LogP contribution >= 0.6 is 0 Å². The minimum absolute atomic E-state index is 0.164. The van der Waals surface area contributed by atoms with Crippen LogP contribution in [0.1, 0.15) is 41.0 Å². The molecule has 0 atom stereocenters. The average Bonchev–Trinajstić information content (AvgIpc) is 2.50. The first kappa shape index (κ1) is 13.3. The van der Waals surface area contributed by atoms with Crippen molar-refractivity contribution in [1.82, 2.24) is 4.90 Å². The Morgan fingerprint density at radius 3 is 2.36 bits per heavy atom. The molecule has 14 heavy (non-hydrogen) atoms. The minimum atomic E-state index is -0.164. The molecule has 0 bridgehead atoms. The molecule has 1 aliphatic heterocycles. The SMILES string of the molecule is CC.CCOC(=O)N1CCC(C)(C)C1. The topological polar surface area (TPSA) is 29.5 Å². The third-order valence-corrected chi connectivity index (χ3v) is 2.20. The first-order valence-corrected chi connectivity index (χ1v) is 5.47. The van der Waals surface area contributed by atoms with Crippen molar-refractivity contribution < 1.29 is 9.53 Å². The molecule has 0 radical (unpaired) electrons. The highest BCUT2D eigenvalue weighted by Gasteiger charge is 2.32. The van der Waals surface area contributed by atoms with E-state index in [1.165, 1.54) is 0 Å². The van der Waals surface area contributed by atoms with Gasteiger partial charge in [-0.3, -0.25) is 0 Å². The van der Waals surface area contributed by atoms with Gasteiger partial charge < -0.3 is 9.64 Å². The Bertz CT molecular complexity index is 178. The van der Waals surface area contributed by atoms with Crippen molar-refractivity contribution in [3.05, 3.63) is 0 Å². The van der Waals surface area contributed by atoms with Crippen LogP contribution in [0.5, 0.6) is 0 Å². The van der Waals surface area contributed by atoms with Crippen LogP contribution in [0.4, 0.5) is 4.79 Å². The van der Waals surface area contributed by atoms with E-state index in [-0.39, 0.29) is 11.5 Å². The summed E-state index contributed by atoms with van der Waals surface area (Å²) in [4.78, 5) is 13.0. The monoisotopic (exact) mass is 201 g/mol. The number of hydrogen-bond acceptors (Lipinski definition) is 2. The van der Waals surface area contributed by atoms with Crippen LogP contribution in [0.25, 0.3) is 0 Å². The quantitative estimate of drug-likeness (QED) is 0.653. The Kier molecular flexibility index (Phi) is 5.58. The maximum Gasteiger partial charge on any atom is 0.409 e. The van der Waals surface area contributed by atoms with Gasteiger partial charge in [0.05, 0.1) is 6.61 Å². The molecule has 1 amide bonds. The van der Waals surface area contributed by atoms with Gasteiger partial charge in [-0.05, 0) is 18.8 Å². The first-order valence-electron chi connectivity index (χ1n) is 5.47. The van der Waals surface area contributed by atoms with Gasteiger partial charge in [-0.15, -0.1) is 0 Å². The standard InChI is InChI=1S/C9H17NO2.C2H6/c1-4-12-8(11)10-6-5-9(2,3)7-10;1-2/h4-7H2,1-3H3;1-2H3. The maximum atomic E-state index is 11.2. The summed E-state index contributed by atoms with van der Waals surface area (Å²) in [6, 6.07) is 0. The minimum Gasteiger partial charge on any atom is -0.450 e. The summed E-state index contributed by atoms with van der Waals surface area (Å²) in [5.74, 6) is 0. The molecular weight excluding hydrogens is 178 g/mol. The average molecular weight is 201 g/mol. The van der Waals surface area contributed by atoms with Crippen LogP contribution in [0.2, 0.25) is 0 Å². The zero-order valence-corrected chi connectivity index (χ0v) is 10.1. The van der Waals surface area contributed by atoms with Crippen molar-refractivity contribution in [2.45, 2.75) is 41.0 Å². The number of nitrogens with zero attached hydrogens (tertiary/aromatic N) is 1. The third-order valence-electron chi connectivity index (χ3n) is 2.20. The van der Waals surface area contributed by atoms with E-state index in [1.54, 1.807) is 4.90 Å². The molecule has 0 unspecified atom stereocenters. The largest absolute Gasteiger partial charge is 0.450 e. The number of hydrogen-bond donors (Lipinski definition) is 0. The summed E-state index contributed by atoms with van der Waals surface area (Å²) < 4.78 is 4.91. The molecule has 0 aromatic rings. The van der Waals surface area contributed by atoms with Crippen molar-refractivity contribution >= 4 is 6.09 Å². The summed E-state index contributed by atoms with van der Waals surface area (Å²) in [7, 11) is 0. The lowest BCUT2D eigenvalue weighted by atomic mass is 9.93. The van der Waals surface area contributed by atoms with Crippen LogP contribution in [-0.4, -0.2) is 30.7 Å². The van der Waals surface area contributed by atoms with E-state index >= 15 is 0 Å². The lowest BCUT2D eigenvalue weighted by molar-refractivity contribution is 0.112. The summed E-state index contributed by atoms with van der Waals surface area (Å²) in [6.45, 7) is 12.3. The van der Waals surface area contributed by atoms with Gasteiger partial charge in [0.1, 0.15) is 0 Å². The summed E-state index contributed by atoms with van der Waals surface area (Å²) in [5.41, 5.74) is 0.271. The molecule has 0 aromatic heterocycles. The van der Waals surface area contributed by atoms with Gasteiger partial charge in [0.15, 0.2) is 0 Å². The molecule has 0 aromatic carbocycles. The second kappa shape index (κ2) is 5.89. The molecule has 0 N–H and O–H groups in total. The second-order valence-corrected chi connectivity index (χ2v) is 4.03. The van der Waals surface area contributed by atoms with Crippen molar-refractivity contribution in [3.63, 3.8) is 0 Å². The van der Waals surface area contributed by atoms with E-state index in [9.17, 15) is 4.79 Å². The molecule has 3 nitrogen and oxygen atoms in total. The predicted molar refractivity (Wildman–Crippen MR) is 58.3 cm³/mol. The lowest BCUT2D eigenvalue weighted by Crippen LogP contribution is -2.30. The van der Waals surface area contributed by atoms with Crippen LogP contribution < -0.4 is 0 Å². The van der Waals surface area contributed by atoms with E-state index < -0.39 is 0 Å². The van der Waals surface area contributed by atoms with Crippen molar-refractivity contribution in [2.75, 3.05) is 19.7 Å². The van der Waals surface area contributed by atoms with Gasteiger partial charge in [-0.1, -0.05) is 27.7 Å². The van der Waals surface area contributed by atoms with E-state index in [1.807, 2.05) is 20.8 Å². The molecule has 1 rings (SSSR count). The van der Waals surface area contributed by atoms with Gasteiger partial charge in [0.2, 0.25) is 0 Å². The van der Waals surface area contributed by atoms with E-state index in [4.69, 9.17) is 4.74 Å². The number of carbonyl (C=O) groups excluding carboxylic acids is 1. The molecule has 0 aliphatic carbocycles. The Hall–Kier alpha value is -0.730. The smallest absolute Gasteiger partial charge is 0.409 e. The molecule has 3 heteroatoms. The molecular formula is C11H23NO2. The van der Waals surface area contributed by atoms with Crippen LogP contribution in [0, 0.1) is 5.41 Å². The van der Waals surface area contributed by atoms with Gasteiger partial charge in [0, 0.05) is 13.1 Å². The second-order valence-electron chi connectivity index (χ2n) is 4.03. The van der Waals surface area contributed by atoms with Gasteiger partial charge >= 0.3 is 6.09 Å². The van der Waals surface area contributed by atoms with Crippen molar-refractivity contribution in [3.8, 4) is 0 Å². The lowest BCUT2D eigenvalue weighted by Gasteiger charge is -2.18. The van der Waals surface area contributed by atoms with Gasteiger partial charge in [-0.25, -0.2) is 4.79 Å². The van der Waals surface area contributed by atoms with Gasteiger partial charge in [-0.2, -0.15) is 0 Å². The molecule has 0 saturated carbocycles. The summed E-state index contributed by atoms with van der Waals surface area (Å²) in [5, 5.41) is 0. The van der Waals surface area contributed by atoms with Crippen LogP contribution in [0.15, 0.2) is 0 Å². The predicted octanol–water partition coefficient (Wildman–Crippen LogP) is 2.90. The highest BCUT2D eigenvalue weighted by molar-refractivity contribution is 5.68. The Balaban J connectivity index is 0.000000791. The molecule has 1 heterocycles. The molecule has 1 fully saturated rings. The zero-order chi connectivity index (χ0) is 11.2. The third kappa shape index (κ3) is 3.99. The zero-order valence-electron chi connectivity index (χ0n) is 10.1. The van der Waals surface area contributed by atoms with Crippen molar-refractivity contribution in [1.29, 1.82) is 0 Å². The van der Waals surface area contributed by atoms with Crippen LogP contribution in [0.3, 0.4) is 0 Å². The number of ether oxygens (including phenoxy) is 1. The summed E-state index contributed by atoms with van der Waals surface area (Å²) >= 11 is 0. The fraction of sp³-hybridized carbons (Fsp3) is 0.909. The Morgan fingerprint density at radius 1 is 1.43 bits per heavy atom. The first-order chi connectivity index (χ1) is 6.55. The molecule has 1 aliphatic rings. The number of likely N-dealkylation sites (tertiary alicyclic amines) is 1. The van der Waals surface area contributed by atoms with Gasteiger partial charge in [0.25, 0.3) is 0 Å². The van der Waals surface area contributed by atoms with E-state index in [2.05, 4.69) is 13.8 Å². The van der Waals surface area contributed by atoms with E-state index in [0.29, 0.717) is 6.61 Å². The molecule has 84 valence electrons. The highest BCUT2D eigenvalue weighted by atomic mass is 16.6. The molecule has 0 spiro atoms. The fourth-order valence-electron chi connectivity index (χ4n) is 1.48. The number of rotatable bonds is 1. The Morgan fingerprint density at radius 2 is 2.00 bits per heavy atom. The van der Waals surface area contributed by atoms with Crippen molar-refractivity contribution in [2.24, 2.45) is 5.41 Å². The Labute approximate surface area is 87.4 Å². The summed E-state index contributed by atoms with van der Waals surface area (Å²) in [6.07, 6.45) is 0.911. The van der Waals surface area contributed by atoms with Crippen LogP contribution in [-0.2, 0) is 4.74 Å². The number of carbonyl (C=O) groups is 1. The molecule has 1 saturated heterocycles. The normalized spacial score (nSPS) is 18.5. The maximum absolute atomic E-state index is 11.2.